The van der Waals surface area contributed by atoms with Crippen LogP contribution in [0.15, 0.2) is 72.8 Å². The average Bonchev–Trinajstić information content (AvgIpc) is 3.17. The molecule has 0 saturated heterocycles. The molecule has 1 unspecified atom stereocenters. The summed E-state index contributed by atoms with van der Waals surface area (Å²) < 4.78 is 6.07. The summed E-state index contributed by atoms with van der Waals surface area (Å²) in [6, 6.07) is 25.9. The number of rotatable bonds is 7. The number of carboxylic acid groups (broad SMARTS) is 1. The summed E-state index contributed by atoms with van der Waals surface area (Å²) in [6.45, 7) is 0.550. The summed E-state index contributed by atoms with van der Waals surface area (Å²) in [7, 11) is 0. The quantitative estimate of drug-likeness (QED) is 0.547. The molecule has 2 aliphatic rings. The first-order valence-corrected chi connectivity index (χ1v) is 11.0. The third-order valence-electron chi connectivity index (χ3n) is 6.58. The normalized spacial score (nSPS) is 21.9. The molecule has 0 bridgehead atoms. The molecular weight excluding hydrogens is 386 g/mol. The van der Waals surface area contributed by atoms with E-state index in [9.17, 15) is 4.79 Å². The molecule has 158 valence electrons. The maximum Gasteiger partial charge on any atom is 0.306 e. The molecule has 2 N–H and O–H groups in total. The Bertz CT molecular complexity index is 1060. The molecule has 4 heteroatoms. The van der Waals surface area contributed by atoms with Crippen LogP contribution in [0.25, 0.3) is 11.1 Å². The zero-order chi connectivity index (χ0) is 21.2. The molecule has 4 nitrogen and oxygen atoms in total. The Labute approximate surface area is 182 Å². The molecule has 3 aromatic carbocycles. The number of aliphatic carboxylic acids is 1. The van der Waals surface area contributed by atoms with E-state index in [1.54, 1.807) is 0 Å². The summed E-state index contributed by atoms with van der Waals surface area (Å²) in [5, 5.41) is 12.7. The fourth-order valence-electron chi connectivity index (χ4n) is 4.69. The van der Waals surface area contributed by atoms with Crippen LogP contribution in [-0.2, 0) is 17.8 Å². The predicted molar refractivity (Wildman–Crippen MR) is 121 cm³/mol. The van der Waals surface area contributed by atoms with Gasteiger partial charge >= 0.3 is 5.97 Å². The molecular formula is C27H27NO3. The largest absolute Gasteiger partial charge is 0.489 e. The fraction of sp³-hybridized carbons (Fsp3) is 0.296. The second kappa shape index (κ2) is 8.56. The van der Waals surface area contributed by atoms with Crippen molar-refractivity contribution in [1.29, 1.82) is 0 Å². The van der Waals surface area contributed by atoms with E-state index < -0.39 is 5.97 Å². The lowest BCUT2D eigenvalue weighted by molar-refractivity contribution is -0.145. The predicted octanol–water partition coefficient (Wildman–Crippen LogP) is 5.37. The lowest BCUT2D eigenvalue weighted by atomic mass is 9.80. The highest BCUT2D eigenvalue weighted by Crippen LogP contribution is 2.37. The van der Waals surface area contributed by atoms with Crippen molar-refractivity contribution in [1.82, 2.24) is 5.32 Å². The summed E-state index contributed by atoms with van der Waals surface area (Å²) >= 11 is 0. The van der Waals surface area contributed by atoms with Gasteiger partial charge in [0.05, 0.1) is 5.92 Å². The van der Waals surface area contributed by atoms with Crippen LogP contribution in [0.3, 0.4) is 0 Å². The van der Waals surface area contributed by atoms with Crippen LogP contribution in [0.5, 0.6) is 5.75 Å². The van der Waals surface area contributed by atoms with E-state index in [0.29, 0.717) is 18.7 Å². The number of fused-ring (bicyclic) bond motifs is 1. The first-order chi connectivity index (χ1) is 15.2. The first kappa shape index (κ1) is 19.8. The van der Waals surface area contributed by atoms with Crippen LogP contribution in [0.1, 0.15) is 42.0 Å². The van der Waals surface area contributed by atoms with Crippen LogP contribution in [0.2, 0.25) is 0 Å². The van der Waals surface area contributed by atoms with Gasteiger partial charge in [-0.25, -0.2) is 0 Å². The highest BCUT2D eigenvalue weighted by Gasteiger charge is 2.36. The second-order valence-corrected chi connectivity index (χ2v) is 8.67. The Morgan fingerprint density at radius 1 is 0.968 bits per heavy atom. The Hall–Kier alpha value is -3.11. The van der Waals surface area contributed by atoms with E-state index in [4.69, 9.17) is 9.84 Å². The van der Waals surface area contributed by atoms with E-state index in [2.05, 4.69) is 72.0 Å². The van der Waals surface area contributed by atoms with Crippen molar-refractivity contribution < 1.29 is 14.6 Å². The van der Waals surface area contributed by atoms with Crippen molar-refractivity contribution >= 4 is 5.97 Å². The summed E-state index contributed by atoms with van der Waals surface area (Å²) in [6.07, 6.45) is 3.58. The number of carboxylic acids is 1. The minimum absolute atomic E-state index is 0.170. The third kappa shape index (κ3) is 4.35. The van der Waals surface area contributed by atoms with Crippen LogP contribution < -0.4 is 10.1 Å². The van der Waals surface area contributed by atoms with Crippen molar-refractivity contribution in [2.45, 2.75) is 44.4 Å². The molecule has 0 aliphatic heterocycles. The highest BCUT2D eigenvalue weighted by atomic mass is 16.5. The minimum atomic E-state index is -0.665. The van der Waals surface area contributed by atoms with E-state index in [0.717, 1.165) is 37.0 Å². The van der Waals surface area contributed by atoms with Gasteiger partial charge in [0.25, 0.3) is 0 Å². The monoisotopic (exact) mass is 413 g/mol. The Morgan fingerprint density at radius 2 is 1.71 bits per heavy atom. The molecule has 2 aliphatic carbocycles. The molecule has 0 heterocycles. The Balaban J connectivity index is 1.17. The average molecular weight is 414 g/mol. The van der Waals surface area contributed by atoms with Crippen molar-refractivity contribution in [3.05, 3.63) is 89.5 Å². The number of benzene rings is 3. The van der Waals surface area contributed by atoms with Gasteiger partial charge in [-0.05, 0) is 65.6 Å². The van der Waals surface area contributed by atoms with Crippen molar-refractivity contribution in [2.24, 2.45) is 5.92 Å². The van der Waals surface area contributed by atoms with E-state index in [1.807, 2.05) is 6.07 Å². The topological polar surface area (TPSA) is 58.6 Å². The standard InChI is InChI=1S/C27H27NO3/c29-27(30)22-14-23(15-22)28-26-13-10-21-16-24(11-12-25(21)26)31-17-18-6-8-20(9-7-18)19-4-2-1-3-5-19/h1-9,11-12,16,22-23,26,28H,10,13-15,17H2,(H,29,30)/t22-,23-,26?. The summed E-state index contributed by atoms with van der Waals surface area (Å²) in [5.41, 5.74) is 6.25. The number of hydrogen-bond acceptors (Lipinski definition) is 3. The zero-order valence-corrected chi connectivity index (χ0v) is 17.5. The van der Waals surface area contributed by atoms with Crippen LogP contribution in [-0.4, -0.2) is 17.1 Å². The van der Waals surface area contributed by atoms with Gasteiger partial charge in [0.15, 0.2) is 0 Å². The number of hydrogen-bond donors (Lipinski definition) is 2. The molecule has 1 fully saturated rings. The Morgan fingerprint density at radius 3 is 2.45 bits per heavy atom. The summed E-state index contributed by atoms with van der Waals surface area (Å²) in [4.78, 5) is 11.0. The summed E-state index contributed by atoms with van der Waals surface area (Å²) in [5.74, 6) is 0.0680. The van der Waals surface area contributed by atoms with Gasteiger partial charge in [-0.3, -0.25) is 4.79 Å². The molecule has 0 radical (unpaired) electrons. The van der Waals surface area contributed by atoms with Gasteiger partial charge in [0.2, 0.25) is 0 Å². The molecule has 1 atom stereocenters. The lowest BCUT2D eigenvalue weighted by Gasteiger charge is -2.35. The van der Waals surface area contributed by atoms with Gasteiger partial charge in [-0.1, -0.05) is 60.7 Å². The molecule has 0 amide bonds. The molecule has 31 heavy (non-hydrogen) atoms. The molecule has 0 spiro atoms. The highest BCUT2D eigenvalue weighted by molar-refractivity contribution is 5.71. The van der Waals surface area contributed by atoms with Crippen molar-refractivity contribution in [3.8, 4) is 16.9 Å². The maximum atomic E-state index is 11.0. The Kier molecular flexibility index (Phi) is 5.47. The van der Waals surface area contributed by atoms with Gasteiger partial charge < -0.3 is 15.2 Å². The minimum Gasteiger partial charge on any atom is -0.489 e. The van der Waals surface area contributed by atoms with Crippen LogP contribution >= 0.6 is 0 Å². The van der Waals surface area contributed by atoms with Gasteiger partial charge in [-0.2, -0.15) is 0 Å². The SMILES string of the molecule is O=C(O)[C@H]1C[C@H](NC2CCc3cc(OCc4ccc(-c5ccccc5)cc4)ccc32)C1. The number of carbonyl (C=O) groups is 1. The third-order valence-corrected chi connectivity index (χ3v) is 6.58. The van der Waals surface area contributed by atoms with Gasteiger partial charge in [-0.15, -0.1) is 0 Å². The first-order valence-electron chi connectivity index (χ1n) is 11.0. The smallest absolute Gasteiger partial charge is 0.306 e. The number of aryl methyl sites for hydroxylation is 1. The lowest BCUT2D eigenvalue weighted by Crippen LogP contribution is -2.45. The molecule has 3 aromatic rings. The second-order valence-electron chi connectivity index (χ2n) is 8.67. The van der Waals surface area contributed by atoms with E-state index >= 15 is 0 Å². The van der Waals surface area contributed by atoms with Crippen LogP contribution in [0, 0.1) is 5.92 Å². The fourth-order valence-corrected chi connectivity index (χ4v) is 4.69. The van der Waals surface area contributed by atoms with Gasteiger partial charge in [0.1, 0.15) is 12.4 Å². The van der Waals surface area contributed by atoms with Crippen LogP contribution in [0.4, 0.5) is 0 Å². The van der Waals surface area contributed by atoms with Gasteiger partial charge in [0, 0.05) is 12.1 Å². The molecule has 5 rings (SSSR count). The van der Waals surface area contributed by atoms with Crippen molar-refractivity contribution in [2.75, 3.05) is 0 Å². The van der Waals surface area contributed by atoms with E-state index in [1.165, 1.54) is 22.3 Å². The number of nitrogens with one attached hydrogen (secondary N) is 1. The maximum absolute atomic E-state index is 11.0. The van der Waals surface area contributed by atoms with Crippen molar-refractivity contribution in [3.63, 3.8) is 0 Å². The molecule has 0 aromatic heterocycles. The van der Waals surface area contributed by atoms with E-state index in [-0.39, 0.29) is 5.92 Å². The molecule has 1 saturated carbocycles. The zero-order valence-electron chi connectivity index (χ0n) is 17.5. The number of ether oxygens (including phenoxy) is 1.